The summed E-state index contributed by atoms with van der Waals surface area (Å²) in [6, 6.07) is 3.07. The summed E-state index contributed by atoms with van der Waals surface area (Å²) >= 11 is 6.92. The van der Waals surface area contributed by atoms with Crippen LogP contribution in [0.5, 0.6) is 17.4 Å². The van der Waals surface area contributed by atoms with Crippen LogP contribution in [0.25, 0.3) is 10.9 Å². The summed E-state index contributed by atoms with van der Waals surface area (Å²) in [6.07, 6.45) is 2.18. The van der Waals surface area contributed by atoms with Gasteiger partial charge in [-0.05, 0) is 67.9 Å². The van der Waals surface area contributed by atoms with Gasteiger partial charge in [-0.1, -0.05) is 45.7 Å². The molecule has 2 aliphatic heterocycles. The number of benzene rings is 1. The van der Waals surface area contributed by atoms with E-state index in [4.69, 9.17) is 35.3 Å². The van der Waals surface area contributed by atoms with Crippen LogP contribution < -0.4 is 24.8 Å². The Balaban J connectivity index is 1.13. The molecule has 3 saturated carbocycles. The molecule has 16 heteroatoms. The lowest BCUT2D eigenvalue weighted by atomic mass is 9.85. The monoisotopic (exact) mass is 813 g/mol. The zero-order valence-corrected chi connectivity index (χ0v) is 34.3. The number of pyridine rings is 1. The number of ether oxygens (including phenoxy) is 5. The van der Waals surface area contributed by atoms with Crippen molar-refractivity contribution in [2.45, 2.75) is 103 Å². The maximum atomic E-state index is 14.6. The SMILES string of the molecule is CCOc1cc(O[C@@H]2C[C@@H](C(=O)N[C@]3(C(=O)O)C[C@H]3CC)N(C(=O)[C@@H](NC(=O)O[C@@H]3C[C@@H]4C[C@@H]4C3)C(C)(C)C)C2)c2ccc(OCCN3CCOCC3)c(Cl)c2n1. The van der Waals surface area contributed by atoms with Gasteiger partial charge in [0, 0.05) is 37.5 Å². The van der Waals surface area contributed by atoms with Gasteiger partial charge in [0.1, 0.15) is 58.5 Å². The van der Waals surface area contributed by atoms with E-state index in [2.05, 4.69) is 20.5 Å². The fourth-order valence-electron chi connectivity index (χ4n) is 8.75. The number of alkyl carbamates (subject to hydrolysis) is 1. The molecule has 2 saturated heterocycles. The summed E-state index contributed by atoms with van der Waals surface area (Å²) in [5, 5.41) is 16.6. The number of nitrogens with one attached hydrogen (secondary N) is 2. The van der Waals surface area contributed by atoms with Gasteiger partial charge < -0.3 is 44.3 Å². The number of amides is 3. The highest BCUT2D eigenvalue weighted by molar-refractivity contribution is 6.36. The van der Waals surface area contributed by atoms with E-state index in [0.717, 1.165) is 25.9 Å². The van der Waals surface area contributed by atoms with Gasteiger partial charge >= 0.3 is 12.1 Å². The number of carbonyl (C=O) groups excluding carboxylic acids is 3. The molecular formula is C41H56ClN5O10. The standard InChI is InChI=1S/C41H56ClN5O10/c1-6-25-21-41(25,38(50)51)45-36(48)29-19-27(22-47(29)37(49)35(40(3,4)5)44-39(52)57-26-17-23-16-24(23)18-26)56-31-20-32(54-7-2)43-34-28(31)8-9-30(33(34)42)55-15-12-46-10-13-53-14-11-46/h8-9,20,23-27,29,35H,6-7,10-19,21-22H2,1-5H3,(H,44,52)(H,45,48)(H,50,51)/t23-,24+,25-,26+,27-,29+,35-,41-/m1/s1. The Morgan fingerprint density at radius 2 is 1.77 bits per heavy atom. The molecule has 3 amide bonds. The third-order valence-corrected chi connectivity index (χ3v) is 12.6. The Bertz CT molecular complexity index is 1840. The van der Waals surface area contributed by atoms with Gasteiger partial charge in [0.05, 0.1) is 26.4 Å². The molecule has 3 heterocycles. The first kappa shape index (κ1) is 41.1. The van der Waals surface area contributed by atoms with E-state index in [1.54, 1.807) is 18.2 Å². The number of hydrogen-bond acceptors (Lipinski definition) is 11. The quantitative estimate of drug-likeness (QED) is 0.227. The van der Waals surface area contributed by atoms with Crippen LogP contribution in [0, 0.1) is 23.2 Å². The van der Waals surface area contributed by atoms with Crippen molar-refractivity contribution in [3.63, 3.8) is 0 Å². The second-order valence-corrected chi connectivity index (χ2v) is 17.6. The lowest BCUT2D eigenvalue weighted by Crippen LogP contribution is -2.59. The average molecular weight is 814 g/mol. The Morgan fingerprint density at radius 3 is 2.42 bits per heavy atom. The van der Waals surface area contributed by atoms with Crippen LogP contribution in [0.4, 0.5) is 4.79 Å². The Labute approximate surface area is 338 Å². The molecule has 1 aromatic carbocycles. The third-order valence-electron chi connectivity index (χ3n) is 12.2. The fraction of sp³-hybridized carbons (Fsp3) is 0.683. The number of carbonyl (C=O) groups is 4. The van der Waals surface area contributed by atoms with Crippen LogP contribution in [-0.2, 0) is 23.9 Å². The number of nitrogens with zero attached hydrogens (tertiary/aromatic N) is 3. The minimum Gasteiger partial charge on any atom is -0.491 e. The molecule has 2 aromatic rings. The van der Waals surface area contributed by atoms with Gasteiger partial charge in [-0.15, -0.1) is 0 Å². The highest BCUT2D eigenvalue weighted by Gasteiger charge is 2.61. The number of aromatic nitrogens is 1. The van der Waals surface area contributed by atoms with Crippen molar-refractivity contribution in [2.24, 2.45) is 23.2 Å². The van der Waals surface area contributed by atoms with Crippen LogP contribution in [0.2, 0.25) is 5.02 Å². The van der Waals surface area contributed by atoms with Crippen molar-refractivity contribution in [1.82, 2.24) is 25.4 Å². The molecule has 3 aliphatic carbocycles. The summed E-state index contributed by atoms with van der Waals surface area (Å²) in [6.45, 7) is 13.7. The second-order valence-electron chi connectivity index (χ2n) is 17.2. The van der Waals surface area contributed by atoms with E-state index in [1.165, 1.54) is 11.3 Å². The summed E-state index contributed by atoms with van der Waals surface area (Å²) in [5.41, 5.74) is -1.77. The smallest absolute Gasteiger partial charge is 0.408 e. The fourth-order valence-corrected chi connectivity index (χ4v) is 9.01. The number of rotatable bonds is 15. The first-order valence-corrected chi connectivity index (χ1v) is 20.8. The first-order valence-electron chi connectivity index (χ1n) is 20.4. The predicted octanol–water partition coefficient (Wildman–Crippen LogP) is 4.66. The van der Waals surface area contributed by atoms with Crippen LogP contribution >= 0.6 is 11.6 Å². The molecule has 0 spiro atoms. The van der Waals surface area contributed by atoms with Gasteiger partial charge in [-0.3, -0.25) is 14.5 Å². The van der Waals surface area contributed by atoms with E-state index in [0.29, 0.717) is 80.1 Å². The Morgan fingerprint density at radius 1 is 1.04 bits per heavy atom. The van der Waals surface area contributed by atoms with Crippen molar-refractivity contribution in [2.75, 3.05) is 52.6 Å². The molecular weight excluding hydrogens is 758 g/mol. The van der Waals surface area contributed by atoms with Crippen molar-refractivity contribution >= 4 is 46.4 Å². The van der Waals surface area contributed by atoms with E-state index in [-0.39, 0.29) is 35.9 Å². The lowest BCUT2D eigenvalue weighted by Gasteiger charge is -2.35. The van der Waals surface area contributed by atoms with Crippen molar-refractivity contribution < 1.29 is 48.0 Å². The molecule has 0 unspecified atom stereocenters. The number of fused-ring (bicyclic) bond motifs is 2. The van der Waals surface area contributed by atoms with Gasteiger partial charge in [-0.2, -0.15) is 0 Å². The predicted molar refractivity (Wildman–Crippen MR) is 210 cm³/mol. The average Bonchev–Trinajstić information content (AvgIpc) is 3.98. The number of hydrogen-bond donors (Lipinski definition) is 3. The topological polar surface area (TPSA) is 178 Å². The second kappa shape index (κ2) is 16.6. The van der Waals surface area contributed by atoms with Crippen molar-refractivity contribution in [1.29, 1.82) is 0 Å². The summed E-state index contributed by atoms with van der Waals surface area (Å²) in [4.78, 5) is 62.8. The highest BCUT2D eigenvalue weighted by atomic mass is 35.5. The van der Waals surface area contributed by atoms with Gasteiger partial charge in [0.2, 0.25) is 17.7 Å². The number of carboxylic acid groups (broad SMARTS) is 1. The maximum absolute atomic E-state index is 14.6. The number of carboxylic acids is 1. The number of halogens is 1. The van der Waals surface area contributed by atoms with Gasteiger partial charge in [-0.25, -0.2) is 14.6 Å². The molecule has 57 heavy (non-hydrogen) atoms. The summed E-state index contributed by atoms with van der Waals surface area (Å²) in [7, 11) is 0. The number of morpholine rings is 1. The first-order chi connectivity index (χ1) is 27.2. The summed E-state index contributed by atoms with van der Waals surface area (Å²) in [5.74, 6) is -0.107. The molecule has 3 N–H and O–H groups in total. The molecule has 15 nitrogen and oxygen atoms in total. The number of aliphatic carboxylic acids is 1. The minimum absolute atomic E-state index is 0.0201. The molecule has 5 fully saturated rings. The molecule has 312 valence electrons. The van der Waals surface area contributed by atoms with Crippen LogP contribution in [0.3, 0.4) is 0 Å². The zero-order valence-electron chi connectivity index (χ0n) is 33.5. The molecule has 0 radical (unpaired) electrons. The normalized spacial score (nSPS) is 28.6. The van der Waals surface area contributed by atoms with E-state index >= 15 is 0 Å². The summed E-state index contributed by atoms with van der Waals surface area (Å²) < 4.78 is 29.7. The van der Waals surface area contributed by atoms with E-state index < -0.39 is 53.0 Å². The van der Waals surface area contributed by atoms with E-state index in [1.807, 2.05) is 34.6 Å². The molecule has 7 rings (SSSR count). The van der Waals surface area contributed by atoms with Gasteiger partial charge in [0.25, 0.3) is 0 Å². The van der Waals surface area contributed by atoms with Crippen LogP contribution in [-0.4, -0.2) is 126 Å². The highest BCUT2D eigenvalue weighted by Crippen LogP contribution is 2.52. The minimum atomic E-state index is -1.40. The Kier molecular flexibility index (Phi) is 12.0. The van der Waals surface area contributed by atoms with Crippen molar-refractivity contribution in [3.8, 4) is 17.4 Å². The molecule has 1 aromatic heterocycles. The lowest BCUT2D eigenvalue weighted by molar-refractivity contribution is -0.146. The van der Waals surface area contributed by atoms with E-state index in [9.17, 15) is 24.3 Å². The van der Waals surface area contributed by atoms with Crippen LogP contribution in [0.1, 0.15) is 73.1 Å². The molecule has 8 atom stereocenters. The van der Waals surface area contributed by atoms with Crippen LogP contribution in [0.15, 0.2) is 18.2 Å². The number of likely N-dealkylation sites (tertiary alicyclic amines) is 1. The zero-order chi connectivity index (χ0) is 40.6. The largest absolute Gasteiger partial charge is 0.491 e. The maximum Gasteiger partial charge on any atom is 0.408 e. The Hall–Kier alpha value is -4.08. The molecule has 5 aliphatic rings. The third kappa shape index (κ3) is 9.00. The van der Waals surface area contributed by atoms with Crippen molar-refractivity contribution in [3.05, 3.63) is 23.2 Å². The molecule has 0 bridgehead atoms. The van der Waals surface area contributed by atoms with Gasteiger partial charge in [0.15, 0.2) is 0 Å².